The molecule has 0 aliphatic rings. The number of pyridine rings is 1. The minimum Gasteiger partial charge on any atom is -0.339 e. The first kappa shape index (κ1) is 19.4. The van der Waals surface area contributed by atoms with E-state index in [4.69, 9.17) is 46.4 Å². The normalized spacial score (nSPS) is 12.0. The number of hydrogen-bond acceptors (Lipinski definition) is 3. The van der Waals surface area contributed by atoms with Gasteiger partial charge < -0.3 is 5.32 Å². The van der Waals surface area contributed by atoms with Gasteiger partial charge in [0.1, 0.15) is 16.7 Å². The van der Waals surface area contributed by atoms with Gasteiger partial charge in [0.2, 0.25) is 0 Å². The van der Waals surface area contributed by atoms with Crippen molar-refractivity contribution in [3.8, 4) is 0 Å². The Kier molecular flexibility index (Phi) is 6.05. The number of nitrogens with one attached hydrogen (secondary N) is 1. The van der Waals surface area contributed by atoms with Crippen molar-refractivity contribution >= 4 is 63.6 Å². The highest BCUT2D eigenvalue weighted by molar-refractivity contribution is 7.10. The quantitative estimate of drug-likeness (QED) is 0.467. The molecule has 1 aromatic carbocycles. The zero-order valence-corrected chi connectivity index (χ0v) is 16.6. The third kappa shape index (κ3) is 3.97. The topological polar surface area (TPSA) is 42.0 Å². The van der Waals surface area contributed by atoms with Gasteiger partial charge in [-0.1, -0.05) is 64.6 Å². The van der Waals surface area contributed by atoms with Crippen LogP contribution in [0.1, 0.15) is 27.0 Å². The summed E-state index contributed by atoms with van der Waals surface area (Å²) < 4.78 is 13.2. The summed E-state index contributed by atoms with van der Waals surface area (Å²) in [6.07, 6.45) is 0. The van der Waals surface area contributed by atoms with Crippen molar-refractivity contribution in [3.63, 3.8) is 0 Å². The molecule has 0 aliphatic heterocycles. The number of aromatic nitrogens is 1. The Hall–Kier alpha value is -1.37. The minimum atomic E-state index is -0.585. The molecule has 2 heterocycles. The molecule has 134 valence electrons. The van der Waals surface area contributed by atoms with Gasteiger partial charge in [-0.2, -0.15) is 0 Å². The molecule has 0 aliphatic carbocycles. The molecule has 0 saturated carbocycles. The van der Waals surface area contributed by atoms with E-state index in [1.807, 2.05) is 17.5 Å². The molecule has 0 fully saturated rings. The van der Waals surface area contributed by atoms with E-state index in [1.54, 1.807) is 12.1 Å². The number of nitrogens with zero attached hydrogens (tertiary/aromatic N) is 1. The average molecular weight is 450 g/mol. The summed E-state index contributed by atoms with van der Waals surface area (Å²) in [4.78, 5) is 17.5. The molecule has 26 heavy (non-hydrogen) atoms. The molecule has 1 unspecified atom stereocenters. The van der Waals surface area contributed by atoms with Crippen molar-refractivity contribution in [1.82, 2.24) is 10.3 Å². The summed E-state index contributed by atoms with van der Waals surface area (Å²) in [5.41, 5.74) is 0.555. The number of halogens is 5. The van der Waals surface area contributed by atoms with E-state index in [0.717, 1.165) is 4.88 Å². The molecule has 3 rings (SSSR count). The summed E-state index contributed by atoms with van der Waals surface area (Å²) in [6, 6.07) is 9.02. The molecule has 3 nitrogen and oxygen atoms in total. The fourth-order valence-electron chi connectivity index (χ4n) is 2.27. The average Bonchev–Trinajstić information content (AvgIpc) is 3.16. The maximum Gasteiger partial charge on any atom is 0.272 e. The zero-order valence-electron chi connectivity index (χ0n) is 12.8. The molecule has 3 aromatic rings. The number of carbonyl (C=O) groups excluding carboxylic acids is 1. The first-order chi connectivity index (χ1) is 12.4. The van der Waals surface area contributed by atoms with Crippen LogP contribution in [0.2, 0.25) is 20.2 Å². The van der Waals surface area contributed by atoms with Crippen LogP contribution in [0, 0.1) is 5.82 Å². The highest BCUT2D eigenvalue weighted by atomic mass is 35.5. The summed E-state index contributed by atoms with van der Waals surface area (Å²) in [5, 5.41) is 4.41. The predicted octanol–water partition coefficient (Wildman–Crippen LogP) is 6.42. The summed E-state index contributed by atoms with van der Waals surface area (Å²) >= 11 is 25.3. The third-order valence-electron chi connectivity index (χ3n) is 3.51. The summed E-state index contributed by atoms with van der Waals surface area (Å²) in [5.74, 6) is -0.954. The number of hydrogen-bond donors (Lipinski definition) is 1. The third-order valence-corrected chi connectivity index (χ3v) is 6.12. The lowest BCUT2D eigenvalue weighted by Gasteiger charge is -2.18. The van der Waals surface area contributed by atoms with Crippen molar-refractivity contribution in [2.24, 2.45) is 0 Å². The maximum atomic E-state index is 13.2. The van der Waals surface area contributed by atoms with E-state index < -0.39 is 11.9 Å². The van der Waals surface area contributed by atoms with Crippen molar-refractivity contribution in [2.75, 3.05) is 0 Å². The van der Waals surface area contributed by atoms with Crippen molar-refractivity contribution in [3.05, 3.63) is 84.0 Å². The van der Waals surface area contributed by atoms with Gasteiger partial charge in [-0.15, -0.1) is 11.3 Å². The Labute approximate surface area is 172 Å². The van der Waals surface area contributed by atoms with E-state index in [0.29, 0.717) is 5.56 Å². The second kappa shape index (κ2) is 8.11. The van der Waals surface area contributed by atoms with Crippen LogP contribution in [0.5, 0.6) is 0 Å². The molecular formula is C17H9Cl4FN2OS. The molecule has 1 N–H and O–H groups in total. The smallest absolute Gasteiger partial charge is 0.272 e. The van der Waals surface area contributed by atoms with E-state index >= 15 is 0 Å². The first-order valence-electron chi connectivity index (χ1n) is 7.18. The molecule has 9 heteroatoms. The minimum absolute atomic E-state index is 0.0248. The first-order valence-corrected chi connectivity index (χ1v) is 9.57. The number of carbonyl (C=O) groups is 1. The molecular weight excluding hydrogens is 441 g/mol. The molecule has 0 saturated heterocycles. The van der Waals surface area contributed by atoms with Gasteiger partial charge in [-0.25, -0.2) is 9.37 Å². The molecule has 0 bridgehead atoms. The highest BCUT2D eigenvalue weighted by Crippen LogP contribution is 2.36. The van der Waals surface area contributed by atoms with Gasteiger partial charge in [0.25, 0.3) is 5.91 Å². The van der Waals surface area contributed by atoms with Crippen LogP contribution in [0.4, 0.5) is 4.39 Å². The van der Waals surface area contributed by atoms with E-state index in [1.165, 1.54) is 23.5 Å². The molecule has 1 atom stereocenters. The van der Waals surface area contributed by atoms with Crippen molar-refractivity contribution in [2.45, 2.75) is 6.04 Å². The van der Waals surface area contributed by atoms with Crippen LogP contribution in [-0.2, 0) is 0 Å². The lowest BCUT2D eigenvalue weighted by Crippen LogP contribution is -2.30. The van der Waals surface area contributed by atoms with Gasteiger partial charge in [0.05, 0.1) is 21.1 Å². The van der Waals surface area contributed by atoms with Gasteiger partial charge in [-0.3, -0.25) is 4.79 Å². The van der Waals surface area contributed by atoms with Crippen LogP contribution in [0.3, 0.4) is 0 Å². The van der Waals surface area contributed by atoms with Gasteiger partial charge in [-0.05, 0) is 29.1 Å². The van der Waals surface area contributed by atoms with Crippen LogP contribution in [-0.4, -0.2) is 10.9 Å². The van der Waals surface area contributed by atoms with Crippen molar-refractivity contribution in [1.29, 1.82) is 0 Å². The van der Waals surface area contributed by atoms with Crippen LogP contribution >= 0.6 is 57.7 Å². The largest absolute Gasteiger partial charge is 0.339 e. The molecule has 2 aromatic heterocycles. The van der Waals surface area contributed by atoms with Crippen LogP contribution in [0.15, 0.2) is 41.8 Å². The molecule has 0 spiro atoms. The monoisotopic (exact) mass is 448 g/mol. The molecule has 1 amide bonds. The SMILES string of the molecule is O=C(NC(c1ccc(F)cc1)c1cccs1)c1nc(Cl)c(Cl)c(Cl)c1Cl. The number of amides is 1. The number of benzene rings is 1. The lowest BCUT2D eigenvalue weighted by molar-refractivity contribution is 0.0938. The fraction of sp³-hybridized carbons (Fsp3) is 0.0588. The Morgan fingerprint density at radius 1 is 1.04 bits per heavy atom. The number of rotatable bonds is 4. The van der Waals surface area contributed by atoms with Crippen LogP contribution in [0.25, 0.3) is 0 Å². The van der Waals surface area contributed by atoms with E-state index in [2.05, 4.69) is 10.3 Å². The Balaban J connectivity index is 1.98. The summed E-state index contributed by atoms with van der Waals surface area (Å²) in [7, 11) is 0. The summed E-state index contributed by atoms with van der Waals surface area (Å²) in [6.45, 7) is 0. The van der Waals surface area contributed by atoms with Gasteiger partial charge >= 0.3 is 0 Å². The predicted molar refractivity (Wildman–Crippen MR) is 104 cm³/mol. The second-order valence-electron chi connectivity index (χ2n) is 5.17. The second-order valence-corrected chi connectivity index (χ2v) is 7.64. The van der Waals surface area contributed by atoms with E-state index in [9.17, 15) is 9.18 Å². The van der Waals surface area contributed by atoms with E-state index in [-0.39, 0.29) is 31.7 Å². The number of thiophene rings is 1. The lowest BCUT2D eigenvalue weighted by atomic mass is 10.0. The highest BCUT2D eigenvalue weighted by Gasteiger charge is 2.24. The zero-order chi connectivity index (χ0) is 18.8. The van der Waals surface area contributed by atoms with Gasteiger partial charge in [0.15, 0.2) is 0 Å². The Bertz CT molecular complexity index is 948. The van der Waals surface area contributed by atoms with Crippen molar-refractivity contribution < 1.29 is 9.18 Å². The standard InChI is InChI=1S/C17H9Cl4FN2OS/c18-11-12(19)15(23-16(21)13(11)20)17(25)24-14(10-2-1-7-26-10)8-3-5-9(22)6-4-8/h1-7,14H,(H,24,25). The Morgan fingerprint density at radius 3 is 2.35 bits per heavy atom. The maximum absolute atomic E-state index is 13.2. The Morgan fingerprint density at radius 2 is 1.73 bits per heavy atom. The fourth-order valence-corrected chi connectivity index (χ4v) is 3.88. The molecule has 0 radical (unpaired) electrons. The van der Waals surface area contributed by atoms with Crippen LogP contribution < -0.4 is 5.32 Å². The van der Waals surface area contributed by atoms with Gasteiger partial charge in [0, 0.05) is 4.88 Å².